The van der Waals surface area contributed by atoms with Gasteiger partial charge >= 0.3 is 12.2 Å². The lowest BCUT2D eigenvalue weighted by Crippen LogP contribution is -2.33. The molecule has 2 aromatic rings. The highest BCUT2D eigenvalue weighted by atomic mass is 32.1. The normalized spacial score (nSPS) is 15.4. The van der Waals surface area contributed by atoms with Crippen LogP contribution < -0.4 is 9.80 Å². The first-order valence-electron chi connectivity index (χ1n) is 6.80. The molecule has 0 bridgehead atoms. The van der Waals surface area contributed by atoms with Crippen LogP contribution in [0.5, 0.6) is 0 Å². The molecule has 24 heavy (non-hydrogen) atoms. The number of para-hydroxylation sites is 1. The monoisotopic (exact) mass is 349 g/mol. The van der Waals surface area contributed by atoms with Crippen LogP contribution in [-0.4, -0.2) is 16.9 Å². The van der Waals surface area contributed by atoms with Gasteiger partial charge in [-0.1, -0.05) is 30.4 Å². The Morgan fingerprint density at radius 1 is 0.875 bits per heavy atom. The fourth-order valence-corrected chi connectivity index (χ4v) is 2.60. The van der Waals surface area contributed by atoms with Crippen LogP contribution in [0.25, 0.3) is 0 Å². The SMILES string of the molecule is N=C1C(=S)N(c2ccccc2)C(=O)N1c1ccc(C(F)(F)F)cc1. The van der Waals surface area contributed by atoms with Gasteiger partial charge in [0.15, 0.2) is 10.8 Å². The molecule has 1 aliphatic heterocycles. The van der Waals surface area contributed by atoms with Crippen LogP contribution in [0.15, 0.2) is 54.6 Å². The molecule has 2 aromatic carbocycles. The average molecular weight is 349 g/mol. The van der Waals surface area contributed by atoms with Crippen molar-refractivity contribution in [2.24, 2.45) is 0 Å². The highest BCUT2D eigenvalue weighted by Gasteiger charge is 2.40. The van der Waals surface area contributed by atoms with Gasteiger partial charge in [0.2, 0.25) is 0 Å². The second kappa shape index (κ2) is 5.72. The maximum absolute atomic E-state index is 12.6. The van der Waals surface area contributed by atoms with E-state index in [1.54, 1.807) is 30.3 Å². The van der Waals surface area contributed by atoms with Crippen molar-refractivity contribution < 1.29 is 18.0 Å². The number of anilines is 2. The molecule has 1 heterocycles. The minimum Gasteiger partial charge on any atom is -0.281 e. The Kier molecular flexibility index (Phi) is 3.84. The summed E-state index contributed by atoms with van der Waals surface area (Å²) in [7, 11) is 0. The van der Waals surface area contributed by atoms with E-state index in [1.165, 1.54) is 4.90 Å². The van der Waals surface area contributed by atoms with Gasteiger partial charge in [0.05, 0.1) is 16.9 Å². The maximum Gasteiger partial charge on any atom is 0.416 e. The lowest BCUT2D eigenvalue weighted by molar-refractivity contribution is -0.137. The van der Waals surface area contributed by atoms with E-state index in [0.717, 1.165) is 29.2 Å². The molecule has 3 rings (SSSR count). The molecule has 0 aromatic heterocycles. The number of amides is 2. The number of hydrogen-bond acceptors (Lipinski definition) is 3. The number of alkyl halides is 3. The topological polar surface area (TPSA) is 47.4 Å². The van der Waals surface area contributed by atoms with Gasteiger partial charge in [-0.25, -0.2) is 14.6 Å². The van der Waals surface area contributed by atoms with E-state index in [0.29, 0.717) is 5.69 Å². The summed E-state index contributed by atoms with van der Waals surface area (Å²) in [6, 6.07) is 11.9. The van der Waals surface area contributed by atoms with Crippen molar-refractivity contribution in [3.05, 3.63) is 60.2 Å². The van der Waals surface area contributed by atoms with E-state index in [2.05, 4.69) is 0 Å². The zero-order chi connectivity index (χ0) is 17.5. The number of rotatable bonds is 2. The molecule has 1 aliphatic rings. The standard InChI is InChI=1S/C16H10F3N3OS/c17-16(18,19)10-6-8-12(9-7-10)21-13(20)14(24)22(15(21)23)11-4-2-1-3-5-11/h1-9,20H. The fourth-order valence-electron chi connectivity index (χ4n) is 2.33. The van der Waals surface area contributed by atoms with Gasteiger partial charge in [-0.15, -0.1) is 0 Å². The summed E-state index contributed by atoms with van der Waals surface area (Å²) in [5.41, 5.74) is -0.183. The second-order valence-corrected chi connectivity index (χ2v) is 5.37. The van der Waals surface area contributed by atoms with Crippen molar-refractivity contribution >= 4 is 40.4 Å². The smallest absolute Gasteiger partial charge is 0.281 e. The molecule has 0 aliphatic carbocycles. The van der Waals surface area contributed by atoms with Crippen molar-refractivity contribution in [3.63, 3.8) is 0 Å². The molecular weight excluding hydrogens is 339 g/mol. The first-order chi connectivity index (χ1) is 11.3. The van der Waals surface area contributed by atoms with Crippen LogP contribution >= 0.6 is 12.2 Å². The molecule has 4 nitrogen and oxygen atoms in total. The first kappa shape index (κ1) is 16.1. The van der Waals surface area contributed by atoms with E-state index in [-0.39, 0.29) is 16.5 Å². The lowest BCUT2D eigenvalue weighted by atomic mass is 10.2. The molecular formula is C16H10F3N3OS. The number of nitrogens with one attached hydrogen (secondary N) is 1. The van der Waals surface area contributed by atoms with E-state index in [1.807, 2.05) is 0 Å². The Morgan fingerprint density at radius 2 is 1.42 bits per heavy atom. The summed E-state index contributed by atoms with van der Waals surface area (Å²) in [5, 5.41) is 8.04. The number of nitrogens with zero attached hydrogens (tertiary/aromatic N) is 2. The summed E-state index contributed by atoms with van der Waals surface area (Å²) in [6.45, 7) is 0. The van der Waals surface area contributed by atoms with Crippen LogP contribution in [0, 0.1) is 5.41 Å². The van der Waals surface area contributed by atoms with E-state index < -0.39 is 17.8 Å². The molecule has 0 saturated carbocycles. The van der Waals surface area contributed by atoms with Gasteiger partial charge < -0.3 is 0 Å². The minimum absolute atomic E-state index is 0.00824. The summed E-state index contributed by atoms with van der Waals surface area (Å²) in [4.78, 5) is 14.8. The van der Waals surface area contributed by atoms with Crippen LogP contribution in [0.1, 0.15) is 5.56 Å². The quantitative estimate of drug-likeness (QED) is 0.814. The van der Waals surface area contributed by atoms with Crippen LogP contribution in [0.2, 0.25) is 0 Å². The highest BCUT2D eigenvalue weighted by Crippen LogP contribution is 2.32. The number of hydrogen-bond donors (Lipinski definition) is 1. The van der Waals surface area contributed by atoms with Crippen LogP contribution in [0.3, 0.4) is 0 Å². The molecule has 8 heteroatoms. The third-order valence-electron chi connectivity index (χ3n) is 3.48. The summed E-state index contributed by atoms with van der Waals surface area (Å²) in [6.07, 6.45) is -4.47. The lowest BCUT2D eigenvalue weighted by Gasteiger charge is -2.17. The molecule has 122 valence electrons. The van der Waals surface area contributed by atoms with Crippen molar-refractivity contribution in [2.45, 2.75) is 6.18 Å². The van der Waals surface area contributed by atoms with Gasteiger partial charge in [0.1, 0.15) is 0 Å². The molecule has 1 N–H and O–H groups in total. The predicted molar refractivity (Wildman–Crippen MR) is 88.6 cm³/mol. The Morgan fingerprint density at radius 3 is 1.96 bits per heavy atom. The van der Waals surface area contributed by atoms with Crippen molar-refractivity contribution in [1.82, 2.24) is 0 Å². The van der Waals surface area contributed by atoms with Crippen molar-refractivity contribution in [2.75, 3.05) is 9.80 Å². The number of thiocarbonyl (C=S) groups is 1. The number of benzene rings is 2. The van der Waals surface area contributed by atoms with Gasteiger partial charge in [0.25, 0.3) is 0 Å². The van der Waals surface area contributed by atoms with Crippen LogP contribution in [-0.2, 0) is 6.18 Å². The van der Waals surface area contributed by atoms with E-state index >= 15 is 0 Å². The van der Waals surface area contributed by atoms with Gasteiger partial charge in [-0.2, -0.15) is 13.2 Å². The Bertz CT molecular complexity index is 819. The second-order valence-electron chi connectivity index (χ2n) is 4.99. The van der Waals surface area contributed by atoms with Gasteiger partial charge in [-0.05, 0) is 36.4 Å². The summed E-state index contributed by atoms with van der Waals surface area (Å²) >= 11 is 5.14. The fraction of sp³-hybridized carbons (Fsp3) is 0.0625. The largest absolute Gasteiger partial charge is 0.416 e. The Labute approximate surface area is 140 Å². The summed E-state index contributed by atoms with van der Waals surface area (Å²) < 4.78 is 37.9. The van der Waals surface area contributed by atoms with E-state index in [4.69, 9.17) is 17.6 Å². The molecule has 1 fully saturated rings. The molecule has 2 amide bonds. The highest BCUT2D eigenvalue weighted by molar-refractivity contribution is 7.82. The number of carbonyl (C=O) groups is 1. The third-order valence-corrected chi connectivity index (χ3v) is 3.85. The predicted octanol–water partition coefficient (Wildman–Crippen LogP) is 4.46. The van der Waals surface area contributed by atoms with Crippen molar-refractivity contribution in [1.29, 1.82) is 5.41 Å². The van der Waals surface area contributed by atoms with Crippen molar-refractivity contribution in [3.8, 4) is 0 Å². The zero-order valence-electron chi connectivity index (χ0n) is 12.0. The number of urea groups is 1. The van der Waals surface area contributed by atoms with E-state index in [9.17, 15) is 18.0 Å². The first-order valence-corrected chi connectivity index (χ1v) is 7.21. The maximum atomic E-state index is 12.6. The van der Waals surface area contributed by atoms with Gasteiger partial charge in [-0.3, -0.25) is 5.41 Å². The molecule has 1 saturated heterocycles. The summed E-state index contributed by atoms with van der Waals surface area (Å²) in [5.74, 6) is -0.251. The Balaban J connectivity index is 1.96. The molecule has 0 spiro atoms. The zero-order valence-corrected chi connectivity index (χ0v) is 12.9. The number of halogens is 3. The third kappa shape index (κ3) is 2.65. The molecule has 0 radical (unpaired) electrons. The number of amidine groups is 1. The minimum atomic E-state index is -4.47. The number of carbonyl (C=O) groups excluding carboxylic acids is 1. The molecule has 0 atom stereocenters. The molecule has 0 unspecified atom stereocenters. The van der Waals surface area contributed by atoms with Crippen LogP contribution in [0.4, 0.5) is 29.3 Å². The average Bonchev–Trinajstić information content (AvgIpc) is 2.77. The van der Waals surface area contributed by atoms with Gasteiger partial charge in [0, 0.05) is 0 Å². The Hall–Kier alpha value is -2.74.